The number of carbonyl (C=O) groups is 1. The molecule has 1 aromatic rings. The Labute approximate surface area is 89.0 Å². The van der Waals surface area contributed by atoms with Crippen LogP contribution in [0.5, 0.6) is 5.75 Å². The summed E-state index contributed by atoms with van der Waals surface area (Å²) in [5.41, 5.74) is 0.457. The van der Waals surface area contributed by atoms with E-state index in [0.717, 1.165) is 17.7 Å². The summed E-state index contributed by atoms with van der Waals surface area (Å²) < 4.78 is 10.2. The van der Waals surface area contributed by atoms with Gasteiger partial charge in [0, 0.05) is 6.42 Å². The third-order valence-corrected chi connectivity index (χ3v) is 2.99. The van der Waals surface area contributed by atoms with E-state index >= 15 is 0 Å². The van der Waals surface area contributed by atoms with Gasteiger partial charge in [-0.2, -0.15) is 0 Å². The highest BCUT2D eigenvalue weighted by molar-refractivity contribution is 5.84. The molecule has 0 spiro atoms. The minimum absolute atomic E-state index is 0.143. The predicted molar refractivity (Wildman–Crippen MR) is 55.9 cm³/mol. The number of benzene rings is 1. The molecule has 15 heavy (non-hydrogen) atoms. The number of methoxy groups -OCH3 is 1. The minimum atomic E-state index is -0.505. The molecule has 1 saturated heterocycles. The number of ether oxygens (including phenoxy) is 2. The van der Waals surface area contributed by atoms with Crippen LogP contribution >= 0.6 is 0 Å². The predicted octanol–water partition coefficient (Wildman–Crippen LogP) is 1.90. The van der Waals surface area contributed by atoms with Gasteiger partial charge in [0.25, 0.3) is 0 Å². The highest BCUT2D eigenvalue weighted by Crippen LogP contribution is 2.35. The van der Waals surface area contributed by atoms with Crippen molar-refractivity contribution in [2.45, 2.75) is 18.8 Å². The van der Waals surface area contributed by atoms with Crippen LogP contribution in [0, 0.1) is 0 Å². The van der Waals surface area contributed by atoms with Crippen molar-refractivity contribution in [3.8, 4) is 5.75 Å². The molecule has 0 saturated carbocycles. The quantitative estimate of drug-likeness (QED) is 0.693. The van der Waals surface area contributed by atoms with E-state index in [1.165, 1.54) is 0 Å². The fraction of sp³-hybridized carbons (Fsp3) is 0.417. The molecule has 0 radical (unpaired) electrons. The van der Waals surface area contributed by atoms with Crippen LogP contribution in [0.15, 0.2) is 24.3 Å². The second-order valence-electron chi connectivity index (χ2n) is 3.95. The molecule has 1 fully saturated rings. The molecule has 1 aliphatic rings. The van der Waals surface area contributed by atoms with Crippen LogP contribution in [0.4, 0.5) is 0 Å². The lowest BCUT2D eigenvalue weighted by Crippen LogP contribution is -2.27. The Morgan fingerprint density at radius 3 is 2.87 bits per heavy atom. The molecule has 1 heterocycles. The number of cyclic esters (lactones) is 1. The summed E-state index contributed by atoms with van der Waals surface area (Å²) in [5, 5.41) is 0. The third-order valence-electron chi connectivity index (χ3n) is 2.99. The van der Waals surface area contributed by atoms with E-state index in [2.05, 4.69) is 0 Å². The van der Waals surface area contributed by atoms with Crippen LogP contribution in [0.25, 0.3) is 0 Å². The van der Waals surface area contributed by atoms with Gasteiger partial charge < -0.3 is 9.47 Å². The molecule has 80 valence electrons. The molecular formula is C12H14O3. The summed E-state index contributed by atoms with van der Waals surface area (Å²) in [6.45, 7) is 2.42. The Hall–Kier alpha value is -1.51. The van der Waals surface area contributed by atoms with E-state index in [9.17, 15) is 4.79 Å². The second kappa shape index (κ2) is 3.57. The number of hydrogen-bond donors (Lipinski definition) is 0. The topological polar surface area (TPSA) is 35.5 Å². The van der Waals surface area contributed by atoms with Crippen LogP contribution in [-0.4, -0.2) is 19.7 Å². The Morgan fingerprint density at radius 2 is 2.27 bits per heavy atom. The minimum Gasteiger partial charge on any atom is -0.497 e. The molecule has 1 aliphatic heterocycles. The molecule has 0 aromatic heterocycles. The van der Waals surface area contributed by atoms with Crippen LogP contribution in [0.2, 0.25) is 0 Å². The van der Waals surface area contributed by atoms with Crippen molar-refractivity contribution in [2.24, 2.45) is 0 Å². The van der Waals surface area contributed by atoms with Gasteiger partial charge >= 0.3 is 5.97 Å². The average molecular weight is 206 g/mol. The molecule has 1 aromatic carbocycles. The summed E-state index contributed by atoms with van der Waals surface area (Å²) in [5.74, 6) is 0.629. The maximum Gasteiger partial charge on any atom is 0.316 e. The molecule has 0 aliphatic carbocycles. The number of esters is 1. The first kappa shape index (κ1) is 10.0. The van der Waals surface area contributed by atoms with Gasteiger partial charge in [-0.15, -0.1) is 0 Å². The fourth-order valence-corrected chi connectivity index (χ4v) is 1.84. The molecule has 2 rings (SSSR count). The van der Waals surface area contributed by atoms with Crippen molar-refractivity contribution < 1.29 is 14.3 Å². The summed E-state index contributed by atoms with van der Waals surface area (Å²) in [6.07, 6.45) is 0.735. The first-order chi connectivity index (χ1) is 7.16. The van der Waals surface area contributed by atoms with Crippen molar-refractivity contribution in [3.63, 3.8) is 0 Å². The van der Waals surface area contributed by atoms with E-state index in [0.29, 0.717) is 6.61 Å². The van der Waals surface area contributed by atoms with Crippen molar-refractivity contribution in [1.29, 1.82) is 0 Å². The lowest BCUT2D eigenvalue weighted by Gasteiger charge is -2.19. The number of carbonyl (C=O) groups excluding carboxylic acids is 1. The van der Waals surface area contributed by atoms with Gasteiger partial charge in [-0.1, -0.05) is 12.1 Å². The number of rotatable bonds is 2. The fourth-order valence-electron chi connectivity index (χ4n) is 1.84. The zero-order chi connectivity index (χ0) is 10.9. The molecule has 0 N–H and O–H groups in total. The normalized spacial score (nSPS) is 25.1. The zero-order valence-corrected chi connectivity index (χ0v) is 8.95. The summed E-state index contributed by atoms with van der Waals surface area (Å²) >= 11 is 0. The van der Waals surface area contributed by atoms with Gasteiger partial charge in [-0.3, -0.25) is 4.79 Å². The van der Waals surface area contributed by atoms with Crippen LogP contribution < -0.4 is 4.74 Å². The third kappa shape index (κ3) is 1.58. The maximum atomic E-state index is 11.6. The monoisotopic (exact) mass is 206 g/mol. The zero-order valence-electron chi connectivity index (χ0n) is 8.95. The first-order valence-corrected chi connectivity index (χ1v) is 4.98. The molecule has 3 heteroatoms. The SMILES string of the molecule is COc1cccc(C2(C)CCOC2=O)c1. The van der Waals surface area contributed by atoms with Crippen LogP contribution in [0.1, 0.15) is 18.9 Å². The largest absolute Gasteiger partial charge is 0.497 e. The van der Waals surface area contributed by atoms with E-state index in [1.807, 2.05) is 31.2 Å². The summed E-state index contributed by atoms with van der Waals surface area (Å²) in [7, 11) is 1.62. The standard InChI is InChI=1S/C12H14O3/c1-12(6-7-15-11(12)13)9-4-3-5-10(8-9)14-2/h3-5,8H,6-7H2,1-2H3. The molecular weight excluding hydrogens is 192 g/mol. The molecule has 0 amide bonds. The Morgan fingerprint density at radius 1 is 1.47 bits per heavy atom. The van der Waals surface area contributed by atoms with Gasteiger partial charge in [0.05, 0.1) is 19.1 Å². The van der Waals surface area contributed by atoms with Crippen molar-refractivity contribution in [3.05, 3.63) is 29.8 Å². The molecule has 1 atom stereocenters. The van der Waals surface area contributed by atoms with Gasteiger partial charge in [0.2, 0.25) is 0 Å². The van der Waals surface area contributed by atoms with Crippen molar-refractivity contribution in [1.82, 2.24) is 0 Å². The van der Waals surface area contributed by atoms with E-state index in [-0.39, 0.29) is 5.97 Å². The second-order valence-corrected chi connectivity index (χ2v) is 3.95. The van der Waals surface area contributed by atoms with Gasteiger partial charge in [0.1, 0.15) is 5.75 Å². The highest BCUT2D eigenvalue weighted by Gasteiger charge is 2.41. The van der Waals surface area contributed by atoms with E-state index in [1.54, 1.807) is 7.11 Å². The van der Waals surface area contributed by atoms with Gasteiger partial charge in [-0.05, 0) is 24.6 Å². The smallest absolute Gasteiger partial charge is 0.316 e. The summed E-state index contributed by atoms with van der Waals surface area (Å²) in [6, 6.07) is 7.60. The Balaban J connectivity index is 2.39. The van der Waals surface area contributed by atoms with Crippen LogP contribution in [-0.2, 0) is 14.9 Å². The summed E-state index contributed by atoms with van der Waals surface area (Å²) in [4.78, 5) is 11.6. The van der Waals surface area contributed by atoms with E-state index < -0.39 is 5.41 Å². The molecule has 3 nitrogen and oxygen atoms in total. The maximum absolute atomic E-state index is 11.6. The van der Waals surface area contributed by atoms with Gasteiger partial charge in [0.15, 0.2) is 0 Å². The average Bonchev–Trinajstić information content (AvgIpc) is 2.61. The van der Waals surface area contributed by atoms with Crippen molar-refractivity contribution in [2.75, 3.05) is 13.7 Å². The highest BCUT2D eigenvalue weighted by atomic mass is 16.5. The lowest BCUT2D eigenvalue weighted by atomic mass is 9.81. The van der Waals surface area contributed by atoms with E-state index in [4.69, 9.17) is 9.47 Å². The van der Waals surface area contributed by atoms with Crippen molar-refractivity contribution >= 4 is 5.97 Å². The molecule has 1 unspecified atom stereocenters. The first-order valence-electron chi connectivity index (χ1n) is 4.98. The van der Waals surface area contributed by atoms with Crippen LogP contribution in [0.3, 0.4) is 0 Å². The Bertz CT molecular complexity index is 386. The Kier molecular flexibility index (Phi) is 2.39. The van der Waals surface area contributed by atoms with Gasteiger partial charge in [-0.25, -0.2) is 0 Å². The molecule has 0 bridgehead atoms. The number of hydrogen-bond acceptors (Lipinski definition) is 3. The lowest BCUT2D eigenvalue weighted by molar-refractivity contribution is -0.142.